The summed E-state index contributed by atoms with van der Waals surface area (Å²) < 4.78 is 0. The average molecular weight is 286 g/mol. The lowest BCUT2D eigenvalue weighted by atomic mass is 9.75. The Hall–Kier alpha value is -1.06. The monoisotopic (exact) mass is 286 g/mol. The van der Waals surface area contributed by atoms with Crippen molar-refractivity contribution in [3.05, 3.63) is 0 Å². The van der Waals surface area contributed by atoms with Crippen molar-refractivity contribution in [2.75, 3.05) is 0 Å². The maximum Gasteiger partial charge on any atom is 0.318 e. The molecule has 0 bridgehead atoms. The largest absolute Gasteiger partial charge is 0.481 e. The maximum atomic E-state index is 11.1. The molecular weight excluding hydrogens is 256 g/mol. The lowest BCUT2D eigenvalue weighted by Crippen LogP contribution is -2.37. The van der Waals surface area contributed by atoms with Crippen LogP contribution < -0.4 is 0 Å². The molecule has 2 N–H and O–H groups in total. The number of unbranched alkanes of at least 4 members (excludes halogenated alkanes) is 3. The van der Waals surface area contributed by atoms with Gasteiger partial charge in [0, 0.05) is 0 Å². The van der Waals surface area contributed by atoms with Gasteiger partial charge in [-0.25, -0.2) is 0 Å². The van der Waals surface area contributed by atoms with Crippen LogP contribution in [0.2, 0.25) is 0 Å². The Bertz CT molecular complexity index is 312. The van der Waals surface area contributed by atoms with Gasteiger partial charge in [-0.3, -0.25) is 9.59 Å². The highest BCUT2D eigenvalue weighted by Gasteiger charge is 2.40. The van der Waals surface area contributed by atoms with Crippen LogP contribution in [0.5, 0.6) is 0 Å². The van der Waals surface area contributed by atoms with E-state index in [4.69, 9.17) is 10.2 Å². The second kappa shape index (κ2) is 7.65. The minimum absolute atomic E-state index is 0.358. The summed E-state index contributed by atoms with van der Waals surface area (Å²) in [5.74, 6) is -3.80. The molecule has 0 aliphatic carbocycles. The Balaban J connectivity index is 4.10. The van der Waals surface area contributed by atoms with Gasteiger partial charge >= 0.3 is 11.9 Å². The molecule has 0 saturated heterocycles. The summed E-state index contributed by atoms with van der Waals surface area (Å²) in [5.41, 5.74) is -0.349. The van der Waals surface area contributed by atoms with Gasteiger partial charge in [0.25, 0.3) is 0 Å². The predicted molar refractivity (Wildman–Crippen MR) is 79.7 cm³/mol. The second-order valence-electron chi connectivity index (χ2n) is 7.57. The van der Waals surface area contributed by atoms with E-state index in [-0.39, 0.29) is 0 Å². The van der Waals surface area contributed by atoms with Gasteiger partial charge in [0.2, 0.25) is 0 Å². The molecule has 4 nitrogen and oxygen atoms in total. The van der Waals surface area contributed by atoms with E-state index >= 15 is 0 Å². The van der Waals surface area contributed by atoms with Crippen LogP contribution in [-0.4, -0.2) is 22.2 Å². The van der Waals surface area contributed by atoms with Gasteiger partial charge in [-0.15, -0.1) is 0 Å². The summed E-state index contributed by atoms with van der Waals surface area (Å²) >= 11 is 0. The average Bonchev–Trinajstić information content (AvgIpc) is 2.19. The van der Waals surface area contributed by atoms with E-state index < -0.39 is 23.3 Å². The molecule has 0 aromatic heterocycles. The zero-order chi connectivity index (χ0) is 16.0. The zero-order valence-electron chi connectivity index (χ0n) is 13.5. The summed E-state index contributed by atoms with van der Waals surface area (Å²) in [4.78, 5) is 22.1. The first kappa shape index (κ1) is 18.9. The van der Waals surface area contributed by atoms with Crippen molar-refractivity contribution < 1.29 is 19.8 Å². The Morgan fingerprint density at radius 2 is 1.20 bits per heavy atom. The lowest BCUT2D eigenvalue weighted by Gasteiger charge is -2.28. The molecule has 20 heavy (non-hydrogen) atoms. The molecule has 0 spiro atoms. The Morgan fingerprint density at radius 1 is 0.800 bits per heavy atom. The minimum Gasteiger partial charge on any atom is -0.481 e. The number of hydrogen-bond donors (Lipinski definition) is 2. The highest BCUT2D eigenvalue weighted by molar-refractivity contribution is 5.93. The van der Waals surface area contributed by atoms with Crippen LogP contribution in [0.4, 0.5) is 0 Å². The lowest BCUT2D eigenvalue weighted by molar-refractivity contribution is -0.160. The Labute approximate surface area is 122 Å². The summed E-state index contributed by atoms with van der Waals surface area (Å²) in [6, 6.07) is 0. The van der Waals surface area contributed by atoms with E-state index in [2.05, 4.69) is 20.8 Å². The summed E-state index contributed by atoms with van der Waals surface area (Å²) in [6.07, 6.45) is 6.03. The highest BCUT2D eigenvalue weighted by atomic mass is 16.4. The first-order valence-electron chi connectivity index (χ1n) is 7.43. The van der Waals surface area contributed by atoms with Crippen LogP contribution in [0.3, 0.4) is 0 Å². The number of carboxylic acid groups (broad SMARTS) is 2. The highest BCUT2D eigenvalue weighted by Crippen LogP contribution is 2.33. The number of aliphatic carboxylic acids is 2. The number of carbonyl (C=O) groups is 2. The van der Waals surface area contributed by atoms with Gasteiger partial charge in [0.05, 0.1) is 0 Å². The minimum atomic E-state index is -1.32. The number of rotatable bonds is 9. The molecule has 0 radical (unpaired) electrons. The van der Waals surface area contributed by atoms with E-state index in [0.29, 0.717) is 11.8 Å². The van der Waals surface area contributed by atoms with Crippen LogP contribution in [0.25, 0.3) is 0 Å². The van der Waals surface area contributed by atoms with Crippen molar-refractivity contribution in [2.45, 2.75) is 73.1 Å². The van der Waals surface area contributed by atoms with Gasteiger partial charge in [-0.1, -0.05) is 60.3 Å². The smallest absolute Gasteiger partial charge is 0.318 e. The molecule has 0 aliphatic rings. The fourth-order valence-electron chi connectivity index (χ4n) is 2.51. The molecule has 0 fully saturated rings. The molecule has 0 aromatic rings. The van der Waals surface area contributed by atoms with Gasteiger partial charge in [0.15, 0.2) is 5.92 Å². The molecular formula is C16H30O4. The zero-order valence-corrected chi connectivity index (χ0v) is 13.5. The fraction of sp³-hybridized carbons (Fsp3) is 0.875. The molecule has 0 saturated carbocycles. The SMILES string of the molecule is CC(C)(C)CCCCCCC(C)(C)C(C(=O)O)C(=O)O. The Morgan fingerprint density at radius 3 is 1.55 bits per heavy atom. The van der Waals surface area contributed by atoms with Crippen LogP contribution in [0.1, 0.15) is 73.1 Å². The molecule has 0 aromatic carbocycles. The first-order valence-corrected chi connectivity index (χ1v) is 7.43. The molecule has 0 amide bonds. The van der Waals surface area contributed by atoms with E-state index in [1.165, 1.54) is 12.8 Å². The van der Waals surface area contributed by atoms with E-state index in [0.717, 1.165) is 19.3 Å². The van der Waals surface area contributed by atoms with Gasteiger partial charge in [0.1, 0.15) is 0 Å². The van der Waals surface area contributed by atoms with E-state index in [1.54, 1.807) is 13.8 Å². The standard InChI is InChI=1S/C16H30O4/c1-15(2,3)10-8-6-7-9-11-16(4,5)12(13(17)18)14(19)20/h12H,6-11H2,1-5H3,(H,17,18)(H,19,20). The van der Waals surface area contributed by atoms with Crippen molar-refractivity contribution >= 4 is 11.9 Å². The third-order valence-corrected chi connectivity index (χ3v) is 3.77. The van der Waals surface area contributed by atoms with Crippen molar-refractivity contribution in [1.82, 2.24) is 0 Å². The molecule has 0 rings (SSSR count). The van der Waals surface area contributed by atoms with Crippen LogP contribution in [0, 0.1) is 16.7 Å². The Kier molecular flexibility index (Phi) is 7.25. The molecule has 0 aliphatic heterocycles. The van der Waals surface area contributed by atoms with Crippen molar-refractivity contribution in [3.8, 4) is 0 Å². The molecule has 4 heteroatoms. The van der Waals surface area contributed by atoms with E-state index in [9.17, 15) is 9.59 Å². The molecule has 0 heterocycles. The van der Waals surface area contributed by atoms with Gasteiger partial charge in [-0.2, -0.15) is 0 Å². The van der Waals surface area contributed by atoms with Crippen molar-refractivity contribution in [1.29, 1.82) is 0 Å². The van der Waals surface area contributed by atoms with Crippen LogP contribution in [0.15, 0.2) is 0 Å². The third kappa shape index (κ3) is 7.51. The summed E-state index contributed by atoms with van der Waals surface area (Å²) in [5, 5.41) is 18.1. The third-order valence-electron chi connectivity index (χ3n) is 3.77. The summed E-state index contributed by atoms with van der Waals surface area (Å²) in [7, 11) is 0. The molecule has 118 valence electrons. The normalized spacial score (nSPS) is 12.7. The summed E-state index contributed by atoms with van der Waals surface area (Å²) in [6.45, 7) is 10.1. The van der Waals surface area contributed by atoms with Crippen LogP contribution in [-0.2, 0) is 9.59 Å². The topological polar surface area (TPSA) is 74.6 Å². The van der Waals surface area contributed by atoms with Gasteiger partial charge < -0.3 is 10.2 Å². The maximum absolute atomic E-state index is 11.1. The molecule has 0 unspecified atom stereocenters. The fourth-order valence-corrected chi connectivity index (χ4v) is 2.51. The second-order valence-corrected chi connectivity index (χ2v) is 7.57. The van der Waals surface area contributed by atoms with Crippen molar-refractivity contribution in [3.63, 3.8) is 0 Å². The predicted octanol–water partition coefficient (Wildman–Crippen LogP) is 4.18. The molecule has 0 atom stereocenters. The van der Waals surface area contributed by atoms with Crippen molar-refractivity contribution in [2.24, 2.45) is 16.7 Å². The van der Waals surface area contributed by atoms with E-state index in [1.807, 2.05) is 0 Å². The quantitative estimate of drug-likeness (QED) is 0.492. The number of hydrogen-bond acceptors (Lipinski definition) is 2. The number of carboxylic acids is 2. The van der Waals surface area contributed by atoms with Crippen LogP contribution >= 0.6 is 0 Å². The first-order chi connectivity index (χ1) is 8.97. The van der Waals surface area contributed by atoms with Gasteiger partial charge in [-0.05, 0) is 23.7 Å².